The first-order valence-corrected chi connectivity index (χ1v) is 13.7. The SMILES string of the molecule is Cc1ccc(C=C2Sc3ccccc3N(CC(=O)NCCCSC3CCCCC3)C2=O)cc1. The third-order valence-electron chi connectivity index (χ3n) is 6.06. The van der Waals surface area contributed by atoms with E-state index in [1.807, 2.05) is 61.5 Å². The van der Waals surface area contributed by atoms with Gasteiger partial charge in [0.25, 0.3) is 5.91 Å². The molecule has 0 unspecified atom stereocenters. The predicted octanol–water partition coefficient (Wildman–Crippen LogP) is 6.05. The molecule has 0 saturated heterocycles. The monoisotopic (exact) mass is 480 g/mol. The zero-order valence-corrected chi connectivity index (χ0v) is 20.9. The lowest BCUT2D eigenvalue weighted by atomic mass is 10.0. The highest BCUT2D eigenvalue weighted by molar-refractivity contribution is 8.04. The topological polar surface area (TPSA) is 49.4 Å². The van der Waals surface area contributed by atoms with Gasteiger partial charge in [-0.25, -0.2) is 0 Å². The van der Waals surface area contributed by atoms with Crippen LogP contribution in [0.15, 0.2) is 58.3 Å². The molecule has 1 saturated carbocycles. The van der Waals surface area contributed by atoms with Crippen molar-refractivity contribution in [1.29, 1.82) is 0 Å². The van der Waals surface area contributed by atoms with Gasteiger partial charge in [-0.15, -0.1) is 0 Å². The number of fused-ring (bicyclic) bond motifs is 1. The number of benzene rings is 2. The van der Waals surface area contributed by atoms with Crippen LogP contribution in [0.5, 0.6) is 0 Å². The second-order valence-corrected chi connectivity index (χ2v) is 11.2. The summed E-state index contributed by atoms with van der Waals surface area (Å²) < 4.78 is 0. The molecule has 1 fully saturated rings. The van der Waals surface area contributed by atoms with Crippen LogP contribution in [0.1, 0.15) is 49.7 Å². The van der Waals surface area contributed by atoms with E-state index in [1.165, 1.54) is 49.4 Å². The number of hydrogen-bond acceptors (Lipinski definition) is 4. The lowest BCUT2D eigenvalue weighted by molar-refractivity contribution is -0.122. The van der Waals surface area contributed by atoms with Crippen LogP contribution >= 0.6 is 23.5 Å². The second-order valence-electron chi connectivity index (χ2n) is 8.71. The van der Waals surface area contributed by atoms with Crippen molar-refractivity contribution in [3.05, 3.63) is 64.6 Å². The molecular weight excluding hydrogens is 448 g/mol. The van der Waals surface area contributed by atoms with E-state index in [9.17, 15) is 9.59 Å². The van der Waals surface area contributed by atoms with Crippen molar-refractivity contribution in [2.24, 2.45) is 0 Å². The minimum Gasteiger partial charge on any atom is -0.355 e. The van der Waals surface area contributed by atoms with Crippen molar-refractivity contribution in [1.82, 2.24) is 5.32 Å². The summed E-state index contributed by atoms with van der Waals surface area (Å²) in [5.74, 6) is 0.848. The molecule has 0 atom stereocenters. The standard InChI is InChI=1S/C27H32N2O2S2/c1-20-12-14-21(15-13-20)18-25-27(31)29(23-10-5-6-11-24(23)33-25)19-26(30)28-16-7-17-32-22-8-3-2-4-9-22/h5-6,10-15,18,22H,2-4,7-9,16-17,19H2,1H3,(H,28,30). The maximum Gasteiger partial charge on any atom is 0.265 e. The zero-order chi connectivity index (χ0) is 23.0. The summed E-state index contributed by atoms with van der Waals surface area (Å²) >= 11 is 3.52. The van der Waals surface area contributed by atoms with E-state index in [4.69, 9.17) is 0 Å². The van der Waals surface area contributed by atoms with E-state index in [0.29, 0.717) is 11.4 Å². The molecule has 4 rings (SSSR count). The van der Waals surface area contributed by atoms with Crippen LogP contribution < -0.4 is 10.2 Å². The molecule has 1 aliphatic carbocycles. The molecule has 1 heterocycles. The van der Waals surface area contributed by atoms with Gasteiger partial charge in [0.15, 0.2) is 0 Å². The van der Waals surface area contributed by atoms with Gasteiger partial charge in [0.1, 0.15) is 6.54 Å². The van der Waals surface area contributed by atoms with E-state index in [2.05, 4.69) is 17.1 Å². The Morgan fingerprint density at radius 1 is 1.12 bits per heavy atom. The maximum absolute atomic E-state index is 13.3. The van der Waals surface area contributed by atoms with Gasteiger partial charge in [-0.05, 0) is 55.7 Å². The number of carbonyl (C=O) groups is 2. The van der Waals surface area contributed by atoms with E-state index < -0.39 is 0 Å². The molecule has 2 aromatic carbocycles. The van der Waals surface area contributed by atoms with Crippen molar-refractivity contribution < 1.29 is 9.59 Å². The summed E-state index contributed by atoms with van der Waals surface area (Å²) in [5.41, 5.74) is 2.97. The highest BCUT2D eigenvalue weighted by atomic mass is 32.2. The maximum atomic E-state index is 13.3. The molecule has 0 aromatic heterocycles. The minimum atomic E-state index is -0.123. The Kier molecular flexibility index (Phi) is 8.57. The van der Waals surface area contributed by atoms with Crippen LogP contribution in [0.2, 0.25) is 0 Å². The zero-order valence-electron chi connectivity index (χ0n) is 19.2. The molecule has 4 nitrogen and oxygen atoms in total. The van der Waals surface area contributed by atoms with Crippen molar-refractivity contribution in [3.8, 4) is 0 Å². The molecule has 1 aliphatic heterocycles. The van der Waals surface area contributed by atoms with E-state index in [-0.39, 0.29) is 18.4 Å². The van der Waals surface area contributed by atoms with Gasteiger partial charge in [-0.3, -0.25) is 14.5 Å². The second kappa shape index (κ2) is 11.8. The molecule has 174 valence electrons. The van der Waals surface area contributed by atoms with E-state index >= 15 is 0 Å². The smallest absolute Gasteiger partial charge is 0.265 e. The summed E-state index contributed by atoms with van der Waals surface area (Å²) in [6.07, 6.45) is 9.65. The number of thioether (sulfide) groups is 2. The van der Waals surface area contributed by atoms with E-state index in [0.717, 1.165) is 33.6 Å². The number of anilines is 1. The van der Waals surface area contributed by atoms with Crippen molar-refractivity contribution in [2.75, 3.05) is 23.7 Å². The Morgan fingerprint density at radius 2 is 1.88 bits per heavy atom. The van der Waals surface area contributed by atoms with Gasteiger partial charge < -0.3 is 5.32 Å². The van der Waals surface area contributed by atoms with Crippen LogP contribution in [0.3, 0.4) is 0 Å². The van der Waals surface area contributed by atoms with Gasteiger partial charge >= 0.3 is 0 Å². The van der Waals surface area contributed by atoms with Gasteiger partial charge in [0.05, 0.1) is 10.6 Å². The molecule has 2 amide bonds. The van der Waals surface area contributed by atoms with Crippen LogP contribution in [0.25, 0.3) is 6.08 Å². The number of carbonyl (C=O) groups excluding carboxylic acids is 2. The Bertz CT molecular complexity index is 997. The van der Waals surface area contributed by atoms with Crippen molar-refractivity contribution in [2.45, 2.75) is 55.6 Å². The van der Waals surface area contributed by atoms with Crippen LogP contribution in [0, 0.1) is 6.92 Å². The molecule has 33 heavy (non-hydrogen) atoms. The summed E-state index contributed by atoms with van der Waals surface area (Å²) in [5, 5.41) is 3.82. The van der Waals surface area contributed by atoms with Crippen LogP contribution in [0.4, 0.5) is 5.69 Å². The Hall–Kier alpha value is -2.18. The number of nitrogens with one attached hydrogen (secondary N) is 1. The first kappa shape index (κ1) is 24.0. The Labute approximate surface area is 205 Å². The number of rotatable bonds is 8. The first-order valence-electron chi connectivity index (χ1n) is 11.9. The number of aryl methyl sites for hydroxylation is 1. The number of para-hydroxylation sites is 1. The summed E-state index contributed by atoms with van der Waals surface area (Å²) in [4.78, 5) is 29.2. The van der Waals surface area contributed by atoms with Gasteiger partial charge in [-0.2, -0.15) is 11.8 Å². The molecule has 2 aliphatic rings. The average molecular weight is 481 g/mol. The molecule has 6 heteroatoms. The van der Waals surface area contributed by atoms with E-state index in [1.54, 1.807) is 4.90 Å². The van der Waals surface area contributed by atoms with Crippen molar-refractivity contribution >= 4 is 47.1 Å². The fraction of sp³-hybridized carbons (Fsp3) is 0.407. The number of hydrogen-bond donors (Lipinski definition) is 1. The summed E-state index contributed by atoms with van der Waals surface area (Å²) in [6, 6.07) is 15.9. The summed E-state index contributed by atoms with van der Waals surface area (Å²) in [7, 11) is 0. The molecule has 0 bridgehead atoms. The van der Waals surface area contributed by atoms with Crippen LogP contribution in [-0.4, -0.2) is 35.9 Å². The number of amides is 2. The Morgan fingerprint density at radius 3 is 2.67 bits per heavy atom. The predicted molar refractivity (Wildman–Crippen MR) is 141 cm³/mol. The van der Waals surface area contributed by atoms with Crippen LogP contribution in [-0.2, 0) is 9.59 Å². The highest BCUT2D eigenvalue weighted by Crippen LogP contribution is 2.41. The molecule has 0 spiro atoms. The van der Waals surface area contributed by atoms with Crippen molar-refractivity contribution in [3.63, 3.8) is 0 Å². The lowest BCUT2D eigenvalue weighted by Crippen LogP contribution is -2.43. The molecule has 1 N–H and O–H groups in total. The molecular formula is C27H32N2O2S2. The third kappa shape index (κ3) is 6.67. The Balaban J connectivity index is 1.35. The number of nitrogens with zero attached hydrogens (tertiary/aromatic N) is 1. The highest BCUT2D eigenvalue weighted by Gasteiger charge is 2.30. The van der Waals surface area contributed by atoms with Gasteiger partial charge in [-0.1, -0.05) is 73.0 Å². The first-order chi connectivity index (χ1) is 16.1. The normalized spacial score (nSPS) is 17.8. The quantitative estimate of drug-likeness (QED) is 0.369. The fourth-order valence-electron chi connectivity index (χ4n) is 4.21. The fourth-order valence-corrected chi connectivity index (χ4v) is 6.58. The molecule has 0 radical (unpaired) electrons. The molecule has 2 aromatic rings. The van der Waals surface area contributed by atoms with Gasteiger partial charge in [0.2, 0.25) is 5.91 Å². The minimum absolute atomic E-state index is 0.0391. The largest absolute Gasteiger partial charge is 0.355 e. The lowest BCUT2D eigenvalue weighted by Gasteiger charge is -2.29. The van der Waals surface area contributed by atoms with Gasteiger partial charge in [0, 0.05) is 16.7 Å². The third-order valence-corrected chi connectivity index (χ3v) is 8.60. The average Bonchev–Trinajstić information content (AvgIpc) is 2.83. The summed E-state index contributed by atoms with van der Waals surface area (Å²) in [6.45, 7) is 2.74.